The minimum absolute atomic E-state index is 0.492. The average molecular weight is 225 g/mol. The van der Waals surface area contributed by atoms with Crippen LogP contribution in [0.3, 0.4) is 0 Å². The Hall–Kier alpha value is -0.870. The second-order valence-corrected chi connectivity index (χ2v) is 6.49. The van der Waals surface area contributed by atoms with Gasteiger partial charge in [-0.25, -0.2) is 8.42 Å². The molecule has 1 aliphatic rings. The van der Waals surface area contributed by atoms with E-state index in [-0.39, 0.29) is 0 Å². The van der Waals surface area contributed by atoms with Gasteiger partial charge in [0, 0.05) is 12.8 Å². The molecule has 0 aromatic heterocycles. The van der Waals surface area contributed by atoms with Crippen LogP contribution in [0.25, 0.3) is 0 Å². The predicted octanol–water partition coefficient (Wildman–Crippen LogP) is 1.18. The van der Waals surface area contributed by atoms with Crippen molar-refractivity contribution < 1.29 is 8.42 Å². The molecule has 82 valence electrons. The molecular formula is C11H15NO2S. The highest BCUT2D eigenvalue weighted by atomic mass is 32.2. The van der Waals surface area contributed by atoms with Gasteiger partial charge in [0.1, 0.15) is 0 Å². The topological polar surface area (TPSA) is 60.2 Å². The lowest BCUT2D eigenvalue weighted by atomic mass is 10.1. The SMILES string of the molecule is CS(=O)(=O)C1(c2ccc(CN)cc2)CC1. The summed E-state index contributed by atoms with van der Waals surface area (Å²) in [4.78, 5) is 0. The zero-order valence-electron chi connectivity index (χ0n) is 8.73. The van der Waals surface area contributed by atoms with Gasteiger partial charge in [-0.2, -0.15) is 0 Å². The summed E-state index contributed by atoms with van der Waals surface area (Å²) in [7, 11) is -3.00. The molecule has 0 unspecified atom stereocenters. The van der Waals surface area contributed by atoms with Gasteiger partial charge < -0.3 is 5.73 Å². The van der Waals surface area contributed by atoms with Crippen LogP contribution in [0.1, 0.15) is 24.0 Å². The van der Waals surface area contributed by atoms with Crippen LogP contribution in [0, 0.1) is 0 Å². The van der Waals surface area contributed by atoms with E-state index in [1.54, 1.807) is 0 Å². The number of hydrogen-bond donors (Lipinski definition) is 1. The molecule has 2 N–H and O–H groups in total. The third-order valence-electron chi connectivity index (χ3n) is 3.13. The Morgan fingerprint density at radius 3 is 2.13 bits per heavy atom. The van der Waals surface area contributed by atoms with E-state index in [1.165, 1.54) is 6.26 Å². The predicted molar refractivity (Wildman–Crippen MR) is 60.1 cm³/mol. The van der Waals surface area contributed by atoms with Crippen molar-refractivity contribution in [3.8, 4) is 0 Å². The first-order chi connectivity index (χ1) is 6.99. The molecule has 0 atom stereocenters. The van der Waals surface area contributed by atoms with Gasteiger partial charge in [-0.3, -0.25) is 0 Å². The van der Waals surface area contributed by atoms with Crippen molar-refractivity contribution in [3.63, 3.8) is 0 Å². The molecule has 0 amide bonds. The van der Waals surface area contributed by atoms with Gasteiger partial charge in [-0.15, -0.1) is 0 Å². The summed E-state index contributed by atoms with van der Waals surface area (Å²) in [6, 6.07) is 7.58. The Bertz CT molecular complexity index is 458. The van der Waals surface area contributed by atoms with Gasteiger partial charge >= 0.3 is 0 Å². The standard InChI is InChI=1S/C11H15NO2S/c1-15(13,14)11(6-7-11)10-4-2-9(8-12)3-5-10/h2-5H,6-8,12H2,1H3. The Kier molecular flexibility index (Phi) is 2.35. The summed E-state index contributed by atoms with van der Waals surface area (Å²) in [5.41, 5.74) is 7.43. The molecule has 0 heterocycles. The van der Waals surface area contributed by atoms with E-state index < -0.39 is 14.6 Å². The molecule has 0 bridgehead atoms. The molecule has 1 fully saturated rings. The van der Waals surface area contributed by atoms with Crippen LogP contribution in [-0.4, -0.2) is 14.7 Å². The van der Waals surface area contributed by atoms with E-state index in [0.29, 0.717) is 6.54 Å². The highest BCUT2D eigenvalue weighted by Crippen LogP contribution is 2.52. The van der Waals surface area contributed by atoms with E-state index in [0.717, 1.165) is 24.0 Å². The number of benzene rings is 1. The van der Waals surface area contributed by atoms with Crippen molar-refractivity contribution in [2.75, 3.05) is 6.26 Å². The lowest BCUT2D eigenvalue weighted by molar-refractivity contribution is 0.586. The second kappa shape index (κ2) is 3.32. The molecule has 0 spiro atoms. The Morgan fingerprint density at radius 2 is 1.80 bits per heavy atom. The third-order valence-corrected chi connectivity index (χ3v) is 5.19. The van der Waals surface area contributed by atoms with Gasteiger partial charge in [0.05, 0.1) is 4.75 Å². The lowest BCUT2D eigenvalue weighted by Crippen LogP contribution is -2.19. The number of nitrogens with two attached hydrogens (primary N) is 1. The Labute approximate surface area is 90.2 Å². The highest BCUT2D eigenvalue weighted by molar-refractivity contribution is 7.92. The summed E-state index contributed by atoms with van der Waals surface area (Å²) in [5.74, 6) is 0. The van der Waals surface area contributed by atoms with E-state index in [4.69, 9.17) is 5.73 Å². The normalized spacial score (nSPS) is 18.8. The molecule has 4 heteroatoms. The smallest absolute Gasteiger partial charge is 0.157 e. The molecular weight excluding hydrogens is 210 g/mol. The van der Waals surface area contributed by atoms with Crippen molar-refractivity contribution in [1.82, 2.24) is 0 Å². The minimum atomic E-state index is -3.00. The van der Waals surface area contributed by atoms with Crippen LogP contribution < -0.4 is 5.73 Å². The third kappa shape index (κ3) is 1.68. The molecule has 0 radical (unpaired) electrons. The van der Waals surface area contributed by atoms with Crippen LogP contribution >= 0.6 is 0 Å². The van der Waals surface area contributed by atoms with Crippen molar-refractivity contribution >= 4 is 9.84 Å². The molecule has 2 rings (SSSR count). The fourth-order valence-corrected chi connectivity index (χ4v) is 3.34. The van der Waals surface area contributed by atoms with Gasteiger partial charge in [0.15, 0.2) is 9.84 Å². The molecule has 15 heavy (non-hydrogen) atoms. The number of sulfone groups is 1. The fourth-order valence-electron chi connectivity index (χ4n) is 1.93. The maximum Gasteiger partial charge on any atom is 0.157 e. The van der Waals surface area contributed by atoms with Gasteiger partial charge in [-0.1, -0.05) is 24.3 Å². The summed E-state index contributed by atoms with van der Waals surface area (Å²) >= 11 is 0. The molecule has 0 saturated heterocycles. The first-order valence-electron chi connectivity index (χ1n) is 4.99. The maximum atomic E-state index is 11.6. The Morgan fingerprint density at radius 1 is 1.27 bits per heavy atom. The van der Waals surface area contributed by atoms with E-state index in [9.17, 15) is 8.42 Å². The largest absolute Gasteiger partial charge is 0.326 e. The highest BCUT2D eigenvalue weighted by Gasteiger charge is 2.53. The summed E-state index contributed by atoms with van der Waals surface area (Å²) < 4.78 is 22.7. The molecule has 1 aromatic rings. The van der Waals surface area contributed by atoms with Crippen LogP contribution in [0.4, 0.5) is 0 Å². The van der Waals surface area contributed by atoms with Gasteiger partial charge in [0.2, 0.25) is 0 Å². The van der Waals surface area contributed by atoms with E-state index in [1.807, 2.05) is 24.3 Å². The van der Waals surface area contributed by atoms with Crippen molar-refractivity contribution in [2.45, 2.75) is 24.1 Å². The molecule has 1 saturated carbocycles. The first kappa shape index (κ1) is 10.6. The van der Waals surface area contributed by atoms with Crippen molar-refractivity contribution in [3.05, 3.63) is 35.4 Å². The van der Waals surface area contributed by atoms with Crippen molar-refractivity contribution in [1.29, 1.82) is 0 Å². The van der Waals surface area contributed by atoms with Crippen LogP contribution in [0.2, 0.25) is 0 Å². The molecule has 3 nitrogen and oxygen atoms in total. The summed E-state index contributed by atoms with van der Waals surface area (Å²) in [5, 5.41) is 0. The monoisotopic (exact) mass is 225 g/mol. The quantitative estimate of drug-likeness (QED) is 0.840. The van der Waals surface area contributed by atoms with Crippen LogP contribution in [-0.2, 0) is 21.1 Å². The molecule has 1 aromatic carbocycles. The maximum absolute atomic E-state index is 11.6. The van der Waals surface area contributed by atoms with Gasteiger partial charge in [-0.05, 0) is 24.0 Å². The molecule has 0 aliphatic heterocycles. The molecule has 1 aliphatic carbocycles. The van der Waals surface area contributed by atoms with Crippen LogP contribution in [0.5, 0.6) is 0 Å². The number of hydrogen-bond acceptors (Lipinski definition) is 3. The minimum Gasteiger partial charge on any atom is -0.326 e. The van der Waals surface area contributed by atoms with E-state index >= 15 is 0 Å². The number of rotatable bonds is 3. The zero-order valence-corrected chi connectivity index (χ0v) is 9.55. The van der Waals surface area contributed by atoms with E-state index in [2.05, 4.69) is 0 Å². The van der Waals surface area contributed by atoms with Crippen LogP contribution in [0.15, 0.2) is 24.3 Å². The zero-order chi connectivity index (χ0) is 11.1. The van der Waals surface area contributed by atoms with Gasteiger partial charge in [0.25, 0.3) is 0 Å². The summed E-state index contributed by atoms with van der Waals surface area (Å²) in [6.45, 7) is 0.492. The fraction of sp³-hybridized carbons (Fsp3) is 0.455. The second-order valence-electron chi connectivity index (χ2n) is 4.17. The Balaban J connectivity index is 2.39. The summed E-state index contributed by atoms with van der Waals surface area (Å²) in [6.07, 6.45) is 2.80. The first-order valence-corrected chi connectivity index (χ1v) is 6.88. The van der Waals surface area contributed by atoms with Crippen molar-refractivity contribution in [2.24, 2.45) is 5.73 Å². The lowest BCUT2D eigenvalue weighted by Gasteiger charge is -2.13. The average Bonchev–Trinajstić information content (AvgIpc) is 2.98.